The Morgan fingerprint density at radius 2 is 2.00 bits per heavy atom. The first-order chi connectivity index (χ1) is 11.7. The summed E-state index contributed by atoms with van der Waals surface area (Å²) in [4.78, 5) is 23.8. The number of carbonyl (C=O) groups is 1. The Bertz CT molecular complexity index is 834. The molecule has 2 rings (SSSR count). The monoisotopic (exact) mass is 374 g/mol. The number of ether oxygens (including phenoxy) is 1. The zero-order valence-corrected chi connectivity index (χ0v) is 13.8. The second kappa shape index (κ2) is 7.60. The maximum atomic E-state index is 12.8. The number of pyridine rings is 1. The van der Waals surface area contributed by atoms with E-state index in [9.17, 15) is 22.8 Å². The van der Waals surface area contributed by atoms with Crippen molar-refractivity contribution in [2.45, 2.75) is 19.3 Å². The largest absolute Gasteiger partial charge is 0.496 e. The number of aromatic nitrogens is 1. The Balaban J connectivity index is 2.13. The van der Waals surface area contributed by atoms with E-state index in [0.29, 0.717) is 28.1 Å². The number of alkyl halides is 3. The number of halogens is 4. The number of amides is 1. The summed E-state index contributed by atoms with van der Waals surface area (Å²) in [5, 5.41) is 1.92. The van der Waals surface area contributed by atoms with Gasteiger partial charge in [-0.15, -0.1) is 0 Å². The van der Waals surface area contributed by atoms with E-state index in [1.54, 1.807) is 24.3 Å². The van der Waals surface area contributed by atoms with Gasteiger partial charge in [0, 0.05) is 18.3 Å². The van der Waals surface area contributed by atoms with E-state index < -0.39 is 34.8 Å². The van der Waals surface area contributed by atoms with Gasteiger partial charge in [0.2, 0.25) is 5.91 Å². The molecule has 1 heterocycles. The van der Waals surface area contributed by atoms with Crippen molar-refractivity contribution in [3.05, 3.63) is 63.0 Å². The van der Waals surface area contributed by atoms with Crippen LogP contribution >= 0.6 is 11.6 Å². The highest BCUT2D eigenvalue weighted by atomic mass is 35.5. The number of para-hydroxylation sites is 1. The molecule has 0 aliphatic carbocycles. The predicted octanol–water partition coefficient (Wildman–Crippen LogP) is 2.85. The fourth-order valence-electron chi connectivity index (χ4n) is 2.13. The third-order valence-electron chi connectivity index (χ3n) is 3.35. The van der Waals surface area contributed by atoms with Crippen molar-refractivity contribution in [2.75, 3.05) is 7.11 Å². The zero-order chi connectivity index (χ0) is 18.6. The van der Waals surface area contributed by atoms with Gasteiger partial charge in [-0.3, -0.25) is 9.59 Å². The van der Waals surface area contributed by atoms with Gasteiger partial charge in [0.1, 0.15) is 17.3 Å². The first-order valence-electron chi connectivity index (χ1n) is 7.08. The number of nitrogens with one attached hydrogen (secondary N) is 1. The highest BCUT2D eigenvalue weighted by Gasteiger charge is 2.32. The zero-order valence-electron chi connectivity index (χ0n) is 13.1. The maximum absolute atomic E-state index is 12.8. The lowest BCUT2D eigenvalue weighted by Crippen LogP contribution is -2.32. The summed E-state index contributed by atoms with van der Waals surface area (Å²) in [5.41, 5.74) is -1.29. The first-order valence-corrected chi connectivity index (χ1v) is 7.46. The van der Waals surface area contributed by atoms with Gasteiger partial charge in [0.25, 0.3) is 5.56 Å². The molecule has 25 heavy (non-hydrogen) atoms. The van der Waals surface area contributed by atoms with Gasteiger partial charge in [-0.1, -0.05) is 29.8 Å². The minimum atomic E-state index is -4.67. The van der Waals surface area contributed by atoms with Crippen LogP contribution in [0, 0.1) is 0 Å². The Morgan fingerprint density at radius 1 is 1.32 bits per heavy atom. The molecule has 2 aromatic rings. The number of methoxy groups -OCH3 is 1. The summed E-state index contributed by atoms with van der Waals surface area (Å²) < 4.78 is 44.1. The second-order valence-corrected chi connectivity index (χ2v) is 5.50. The highest BCUT2D eigenvalue weighted by molar-refractivity contribution is 6.30. The Labute approximate surface area is 146 Å². The van der Waals surface area contributed by atoms with Crippen LogP contribution in [0.4, 0.5) is 13.2 Å². The van der Waals surface area contributed by atoms with Crippen molar-refractivity contribution in [2.24, 2.45) is 0 Å². The molecule has 0 bridgehead atoms. The molecular formula is C16H14ClF3N2O3. The highest BCUT2D eigenvalue weighted by Crippen LogP contribution is 2.29. The molecule has 1 N–H and O–H groups in total. The minimum absolute atomic E-state index is 0.101. The van der Waals surface area contributed by atoms with Gasteiger partial charge in [-0.05, 0) is 12.1 Å². The lowest BCUT2D eigenvalue weighted by Gasteiger charge is -2.13. The maximum Gasteiger partial charge on any atom is 0.417 e. The van der Waals surface area contributed by atoms with Gasteiger partial charge in [0.15, 0.2) is 0 Å². The smallest absolute Gasteiger partial charge is 0.417 e. The van der Waals surface area contributed by atoms with E-state index in [0.717, 1.165) is 0 Å². The number of carbonyl (C=O) groups excluding carboxylic acids is 1. The molecule has 0 spiro atoms. The summed E-state index contributed by atoms with van der Waals surface area (Å²) in [6.07, 6.45) is -4.11. The van der Waals surface area contributed by atoms with Crippen molar-refractivity contribution in [3.63, 3.8) is 0 Å². The van der Waals surface area contributed by atoms with Gasteiger partial charge in [-0.2, -0.15) is 13.2 Å². The molecule has 0 saturated carbocycles. The molecule has 0 fully saturated rings. The molecule has 0 atom stereocenters. The van der Waals surface area contributed by atoms with Crippen LogP contribution in [0.1, 0.15) is 11.1 Å². The third kappa shape index (κ3) is 4.76. The van der Waals surface area contributed by atoms with E-state index >= 15 is 0 Å². The number of hydrogen-bond donors (Lipinski definition) is 1. The summed E-state index contributed by atoms with van der Waals surface area (Å²) in [6, 6.07) is 7.48. The molecule has 134 valence electrons. The fourth-order valence-corrected chi connectivity index (χ4v) is 2.35. The van der Waals surface area contributed by atoms with E-state index in [1.807, 2.05) is 0 Å². The SMILES string of the molecule is COc1ccccc1CNC(=O)Cn1cc(C(F)(F)F)cc(Cl)c1=O. The summed E-state index contributed by atoms with van der Waals surface area (Å²) in [7, 11) is 1.48. The summed E-state index contributed by atoms with van der Waals surface area (Å²) in [5.74, 6) is -0.0783. The predicted molar refractivity (Wildman–Crippen MR) is 85.6 cm³/mol. The van der Waals surface area contributed by atoms with Crippen molar-refractivity contribution in [1.29, 1.82) is 0 Å². The van der Waals surface area contributed by atoms with Crippen LogP contribution in [0.3, 0.4) is 0 Å². The van der Waals surface area contributed by atoms with Crippen LogP contribution in [0.25, 0.3) is 0 Å². The lowest BCUT2D eigenvalue weighted by atomic mass is 10.2. The van der Waals surface area contributed by atoms with Crippen molar-refractivity contribution in [3.8, 4) is 5.75 Å². The lowest BCUT2D eigenvalue weighted by molar-refractivity contribution is -0.138. The van der Waals surface area contributed by atoms with Gasteiger partial charge in [0.05, 0.1) is 12.7 Å². The summed E-state index contributed by atoms with van der Waals surface area (Å²) in [6.45, 7) is -0.484. The number of rotatable bonds is 5. The van der Waals surface area contributed by atoms with Crippen LogP contribution in [-0.4, -0.2) is 17.6 Å². The van der Waals surface area contributed by atoms with E-state index in [4.69, 9.17) is 16.3 Å². The Hall–Kier alpha value is -2.48. The first kappa shape index (κ1) is 18.9. The fraction of sp³-hybridized carbons (Fsp3) is 0.250. The van der Waals surface area contributed by atoms with Crippen LogP contribution in [0.15, 0.2) is 41.3 Å². The minimum Gasteiger partial charge on any atom is -0.496 e. The number of nitrogens with zero attached hydrogens (tertiary/aromatic N) is 1. The topological polar surface area (TPSA) is 60.3 Å². The molecule has 0 saturated heterocycles. The molecule has 0 aliphatic rings. The van der Waals surface area contributed by atoms with E-state index in [1.165, 1.54) is 7.11 Å². The normalized spacial score (nSPS) is 11.2. The van der Waals surface area contributed by atoms with Crippen molar-refractivity contribution < 1.29 is 22.7 Å². The molecular weight excluding hydrogens is 361 g/mol. The van der Waals surface area contributed by atoms with Crippen molar-refractivity contribution >= 4 is 17.5 Å². The van der Waals surface area contributed by atoms with Crippen LogP contribution in [0.2, 0.25) is 5.02 Å². The molecule has 1 aromatic heterocycles. The average Bonchev–Trinajstić information content (AvgIpc) is 2.56. The molecule has 1 amide bonds. The van der Waals surface area contributed by atoms with Gasteiger partial charge in [-0.25, -0.2) is 0 Å². The molecule has 0 radical (unpaired) electrons. The quantitative estimate of drug-likeness (QED) is 0.875. The third-order valence-corrected chi connectivity index (χ3v) is 3.62. The number of benzene rings is 1. The van der Waals surface area contributed by atoms with E-state index in [2.05, 4.69) is 5.32 Å². The van der Waals surface area contributed by atoms with Crippen molar-refractivity contribution in [1.82, 2.24) is 9.88 Å². The van der Waals surface area contributed by atoms with Crippen LogP contribution < -0.4 is 15.6 Å². The number of hydrogen-bond acceptors (Lipinski definition) is 3. The van der Waals surface area contributed by atoms with Gasteiger partial charge < -0.3 is 14.6 Å². The molecule has 5 nitrogen and oxygen atoms in total. The van der Waals surface area contributed by atoms with Crippen LogP contribution in [0.5, 0.6) is 5.75 Å². The Morgan fingerprint density at radius 3 is 2.64 bits per heavy atom. The molecule has 0 unspecified atom stereocenters. The Kier molecular flexibility index (Phi) is 5.73. The van der Waals surface area contributed by atoms with Crippen LogP contribution in [-0.2, 0) is 24.1 Å². The summed E-state index contributed by atoms with van der Waals surface area (Å²) >= 11 is 5.54. The average molecular weight is 375 g/mol. The second-order valence-electron chi connectivity index (χ2n) is 5.10. The van der Waals surface area contributed by atoms with E-state index in [-0.39, 0.29) is 6.54 Å². The molecule has 9 heteroatoms. The molecule has 0 aliphatic heterocycles. The standard InChI is InChI=1S/C16H14ClF3N2O3/c1-25-13-5-3-2-4-10(13)7-21-14(23)9-22-8-11(16(18,19)20)6-12(17)15(22)24/h2-6,8H,7,9H2,1H3,(H,21,23). The molecule has 1 aromatic carbocycles. The van der Waals surface area contributed by atoms with Gasteiger partial charge >= 0.3 is 6.18 Å².